The number of nitriles is 1. The minimum atomic E-state index is -0.0990. The molecule has 0 unspecified atom stereocenters. The lowest BCUT2D eigenvalue weighted by molar-refractivity contribution is -0.120. The van der Waals surface area contributed by atoms with Gasteiger partial charge in [-0.15, -0.1) is 0 Å². The second-order valence-electron chi connectivity index (χ2n) is 4.98. The maximum absolute atomic E-state index is 12.1. The highest BCUT2D eigenvalue weighted by molar-refractivity contribution is 5.79. The Hall–Kier alpha value is -2.64. The van der Waals surface area contributed by atoms with E-state index in [9.17, 15) is 9.90 Å². The Kier molecular flexibility index (Phi) is 5.70. The van der Waals surface area contributed by atoms with Crippen LogP contribution in [0.1, 0.15) is 22.3 Å². The first-order chi connectivity index (χ1) is 10.7. The molecule has 0 bridgehead atoms. The smallest absolute Gasteiger partial charge is 0.224 e. The van der Waals surface area contributed by atoms with Crippen LogP contribution in [0.4, 0.5) is 0 Å². The van der Waals surface area contributed by atoms with Gasteiger partial charge in [-0.1, -0.05) is 48.5 Å². The summed E-state index contributed by atoms with van der Waals surface area (Å²) in [6, 6.07) is 17.0. The van der Waals surface area contributed by atoms with Crippen LogP contribution in [0.15, 0.2) is 48.5 Å². The normalized spacial score (nSPS) is 10.0. The first-order valence-corrected chi connectivity index (χ1v) is 7.12. The van der Waals surface area contributed by atoms with Crippen molar-refractivity contribution in [3.05, 3.63) is 70.8 Å². The number of amides is 1. The molecular formula is C18H18N2O2. The predicted molar refractivity (Wildman–Crippen MR) is 83.7 cm³/mol. The molecule has 0 radical (unpaired) electrons. The molecule has 0 aliphatic carbocycles. The molecule has 2 aromatic carbocycles. The number of aliphatic hydroxyl groups excluding tert-OH is 1. The lowest BCUT2D eigenvalue weighted by Crippen LogP contribution is -2.25. The number of hydrogen-bond acceptors (Lipinski definition) is 3. The summed E-state index contributed by atoms with van der Waals surface area (Å²) >= 11 is 0. The molecule has 0 spiro atoms. The minimum Gasteiger partial charge on any atom is -0.392 e. The SMILES string of the molecule is N#CCc1ccccc1CC(=O)NCc1ccccc1CO. The number of nitrogens with zero attached hydrogens (tertiary/aromatic N) is 1. The third kappa shape index (κ3) is 4.18. The van der Waals surface area contributed by atoms with E-state index in [1.807, 2.05) is 48.5 Å². The lowest BCUT2D eigenvalue weighted by Gasteiger charge is -2.10. The van der Waals surface area contributed by atoms with Crippen molar-refractivity contribution in [2.24, 2.45) is 0 Å². The van der Waals surface area contributed by atoms with Crippen molar-refractivity contribution in [1.82, 2.24) is 5.32 Å². The molecule has 0 saturated heterocycles. The molecule has 2 rings (SSSR count). The number of hydrogen-bond donors (Lipinski definition) is 2. The number of rotatable bonds is 6. The molecule has 2 N–H and O–H groups in total. The van der Waals surface area contributed by atoms with Crippen molar-refractivity contribution in [2.75, 3.05) is 0 Å². The second-order valence-corrected chi connectivity index (χ2v) is 4.98. The Balaban J connectivity index is 1.98. The molecule has 4 nitrogen and oxygen atoms in total. The zero-order valence-electron chi connectivity index (χ0n) is 12.2. The number of carbonyl (C=O) groups is 1. The maximum Gasteiger partial charge on any atom is 0.224 e. The summed E-state index contributed by atoms with van der Waals surface area (Å²) in [7, 11) is 0. The Morgan fingerprint density at radius 3 is 2.23 bits per heavy atom. The molecule has 22 heavy (non-hydrogen) atoms. The van der Waals surface area contributed by atoms with Crippen LogP contribution in [0.3, 0.4) is 0 Å². The van der Waals surface area contributed by atoms with Crippen LogP contribution in [-0.4, -0.2) is 11.0 Å². The summed E-state index contributed by atoms with van der Waals surface area (Å²) < 4.78 is 0. The molecule has 0 heterocycles. The monoisotopic (exact) mass is 294 g/mol. The van der Waals surface area contributed by atoms with Gasteiger partial charge in [-0.25, -0.2) is 0 Å². The van der Waals surface area contributed by atoms with Gasteiger partial charge < -0.3 is 10.4 Å². The molecule has 0 aliphatic heterocycles. The number of aliphatic hydroxyl groups is 1. The van der Waals surface area contributed by atoms with Crippen molar-refractivity contribution < 1.29 is 9.90 Å². The van der Waals surface area contributed by atoms with Gasteiger partial charge in [0.15, 0.2) is 0 Å². The Bertz CT molecular complexity index is 689. The van der Waals surface area contributed by atoms with Gasteiger partial charge in [-0.05, 0) is 22.3 Å². The quantitative estimate of drug-likeness (QED) is 0.857. The highest BCUT2D eigenvalue weighted by atomic mass is 16.3. The third-order valence-electron chi connectivity index (χ3n) is 3.50. The second kappa shape index (κ2) is 7.96. The fourth-order valence-corrected chi connectivity index (χ4v) is 2.30. The van der Waals surface area contributed by atoms with Crippen LogP contribution in [-0.2, 0) is 30.8 Å². The van der Waals surface area contributed by atoms with E-state index in [0.29, 0.717) is 13.0 Å². The Morgan fingerprint density at radius 2 is 1.59 bits per heavy atom. The maximum atomic E-state index is 12.1. The summed E-state index contributed by atoms with van der Waals surface area (Å²) in [4.78, 5) is 12.1. The number of carbonyl (C=O) groups excluding carboxylic acids is 1. The Labute approximate surface area is 130 Å². The van der Waals surface area contributed by atoms with E-state index in [4.69, 9.17) is 5.26 Å². The Morgan fingerprint density at radius 1 is 1.00 bits per heavy atom. The van der Waals surface area contributed by atoms with Crippen LogP contribution in [0.5, 0.6) is 0 Å². The summed E-state index contributed by atoms with van der Waals surface area (Å²) in [5, 5.41) is 20.9. The van der Waals surface area contributed by atoms with E-state index < -0.39 is 0 Å². The fourth-order valence-electron chi connectivity index (χ4n) is 2.30. The van der Waals surface area contributed by atoms with Crippen molar-refractivity contribution in [3.8, 4) is 6.07 Å². The van der Waals surface area contributed by atoms with Gasteiger partial charge in [0.25, 0.3) is 0 Å². The average Bonchev–Trinajstić information content (AvgIpc) is 2.55. The van der Waals surface area contributed by atoms with Crippen molar-refractivity contribution in [2.45, 2.75) is 26.0 Å². The summed E-state index contributed by atoms with van der Waals surface area (Å²) in [5.41, 5.74) is 3.48. The van der Waals surface area contributed by atoms with E-state index in [0.717, 1.165) is 22.3 Å². The third-order valence-corrected chi connectivity index (χ3v) is 3.50. The van der Waals surface area contributed by atoms with Crippen molar-refractivity contribution >= 4 is 5.91 Å². The first kappa shape index (κ1) is 15.7. The summed E-state index contributed by atoms with van der Waals surface area (Å²) in [5.74, 6) is -0.0990. The molecule has 0 aromatic heterocycles. The minimum absolute atomic E-state index is 0.0446. The first-order valence-electron chi connectivity index (χ1n) is 7.12. The van der Waals surface area contributed by atoms with Crippen LogP contribution < -0.4 is 5.32 Å². The molecular weight excluding hydrogens is 276 g/mol. The van der Waals surface area contributed by atoms with Gasteiger partial charge in [0, 0.05) is 6.54 Å². The van der Waals surface area contributed by atoms with E-state index in [2.05, 4.69) is 11.4 Å². The molecule has 4 heteroatoms. The van der Waals surface area contributed by atoms with Crippen molar-refractivity contribution in [3.63, 3.8) is 0 Å². The van der Waals surface area contributed by atoms with Crippen LogP contribution in [0.25, 0.3) is 0 Å². The van der Waals surface area contributed by atoms with Gasteiger partial charge in [0.1, 0.15) is 0 Å². The van der Waals surface area contributed by atoms with Gasteiger partial charge >= 0.3 is 0 Å². The van der Waals surface area contributed by atoms with E-state index in [-0.39, 0.29) is 18.9 Å². The summed E-state index contributed by atoms with van der Waals surface area (Å²) in [6.45, 7) is 0.340. The molecule has 0 aliphatic rings. The molecule has 1 amide bonds. The largest absolute Gasteiger partial charge is 0.392 e. The van der Waals surface area contributed by atoms with Gasteiger partial charge in [-0.2, -0.15) is 5.26 Å². The zero-order chi connectivity index (χ0) is 15.8. The van der Waals surface area contributed by atoms with Crippen LogP contribution in [0.2, 0.25) is 0 Å². The van der Waals surface area contributed by atoms with Gasteiger partial charge in [-0.3, -0.25) is 4.79 Å². The fraction of sp³-hybridized carbons (Fsp3) is 0.222. The van der Waals surface area contributed by atoms with E-state index in [1.54, 1.807) is 0 Å². The van der Waals surface area contributed by atoms with Gasteiger partial charge in [0.2, 0.25) is 5.91 Å². The molecule has 2 aromatic rings. The zero-order valence-corrected chi connectivity index (χ0v) is 12.2. The summed E-state index contributed by atoms with van der Waals surface area (Å²) in [6.07, 6.45) is 0.552. The molecule has 0 fully saturated rings. The molecule has 0 saturated carbocycles. The predicted octanol–water partition coefficient (Wildman–Crippen LogP) is 2.10. The molecule has 112 valence electrons. The lowest BCUT2D eigenvalue weighted by atomic mass is 10.0. The van der Waals surface area contributed by atoms with E-state index in [1.165, 1.54) is 0 Å². The topological polar surface area (TPSA) is 73.1 Å². The van der Waals surface area contributed by atoms with Crippen LogP contribution >= 0.6 is 0 Å². The highest BCUT2D eigenvalue weighted by Crippen LogP contribution is 2.11. The van der Waals surface area contributed by atoms with E-state index >= 15 is 0 Å². The van der Waals surface area contributed by atoms with Gasteiger partial charge in [0.05, 0.1) is 25.5 Å². The van der Waals surface area contributed by atoms with Crippen LogP contribution in [0, 0.1) is 11.3 Å². The standard InChI is InChI=1S/C18H18N2O2/c19-10-9-14-5-1-2-6-15(14)11-18(22)20-12-16-7-3-4-8-17(16)13-21/h1-8,21H,9,11-13H2,(H,20,22). The number of benzene rings is 2. The average molecular weight is 294 g/mol. The number of nitrogens with one attached hydrogen (secondary N) is 1. The molecule has 0 atom stereocenters. The highest BCUT2D eigenvalue weighted by Gasteiger charge is 2.08. The van der Waals surface area contributed by atoms with Crippen molar-refractivity contribution in [1.29, 1.82) is 5.26 Å².